The molecule has 3 rings (SSSR count). The number of fused-ring (bicyclic) bond motifs is 4. The fourth-order valence-corrected chi connectivity index (χ4v) is 2.37. The highest BCUT2D eigenvalue weighted by atomic mass is 16.1. The van der Waals surface area contributed by atoms with Crippen molar-refractivity contribution in [1.82, 2.24) is 9.80 Å². The number of hydrogen-bond acceptors (Lipinski definition) is 3. The van der Waals surface area contributed by atoms with Crippen LogP contribution in [0.25, 0.3) is 0 Å². The Hall–Kier alpha value is -0.850. The molecule has 2 bridgehead atoms. The van der Waals surface area contributed by atoms with E-state index in [9.17, 15) is 4.79 Å². The van der Waals surface area contributed by atoms with Crippen molar-refractivity contribution < 1.29 is 4.79 Å². The minimum atomic E-state index is 0.0716. The molecule has 3 saturated heterocycles. The van der Waals surface area contributed by atoms with Gasteiger partial charge in [-0.2, -0.15) is 0 Å². The number of carbonyl (C=O) groups excluding carboxylic acids is 1. The summed E-state index contributed by atoms with van der Waals surface area (Å²) < 4.78 is 0. The van der Waals surface area contributed by atoms with Crippen molar-refractivity contribution in [1.29, 1.82) is 0 Å². The van der Waals surface area contributed by atoms with Crippen molar-refractivity contribution in [2.45, 2.75) is 18.9 Å². The summed E-state index contributed by atoms with van der Waals surface area (Å²) in [5.41, 5.74) is 0. The summed E-state index contributed by atoms with van der Waals surface area (Å²) in [7, 11) is 0. The number of terminal acetylenes is 1. The smallest absolute Gasteiger partial charge is 0.163 e. The zero-order chi connectivity index (χ0) is 9.97. The number of nitrogens with zero attached hydrogens (tertiary/aromatic N) is 2. The molecule has 3 aliphatic heterocycles. The van der Waals surface area contributed by atoms with E-state index in [0.29, 0.717) is 0 Å². The summed E-state index contributed by atoms with van der Waals surface area (Å²) in [6.07, 6.45) is 6.64. The van der Waals surface area contributed by atoms with E-state index in [-0.39, 0.29) is 18.2 Å². The van der Waals surface area contributed by atoms with E-state index in [1.165, 1.54) is 6.42 Å². The van der Waals surface area contributed by atoms with Crippen LogP contribution in [0.3, 0.4) is 0 Å². The van der Waals surface area contributed by atoms with Crippen molar-refractivity contribution in [3.63, 3.8) is 0 Å². The lowest BCUT2D eigenvalue weighted by atomic mass is 10.1. The highest BCUT2D eigenvalue weighted by Gasteiger charge is 2.33. The molecule has 0 aromatic carbocycles. The first-order chi connectivity index (χ1) is 6.81. The number of piperazine rings is 1. The molecule has 0 N–H and O–H groups in total. The van der Waals surface area contributed by atoms with E-state index in [1.54, 1.807) is 0 Å². The van der Waals surface area contributed by atoms with E-state index in [4.69, 9.17) is 6.42 Å². The number of carbonyl (C=O) groups is 1. The molecule has 0 spiro atoms. The first-order valence-electron chi connectivity index (χ1n) is 5.24. The molecule has 3 heterocycles. The Bertz CT molecular complexity index is 265. The molecule has 3 unspecified atom stereocenters. The Kier molecular flexibility index (Phi) is 2.85. The number of ketones is 1. The molecule has 0 aromatic rings. The third kappa shape index (κ3) is 1.82. The van der Waals surface area contributed by atoms with Gasteiger partial charge in [0.05, 0.1) is 12.5 Å². The quantitative estimate of drug-likeness (QED) is 0.574. The first-order valence-corrected chi connectivity index (χ1v) is 5.24. The van der Waals surface area contributed by atoms with Gasteiger partial charge in [-0.25, -0.2) is 0 Å². The highest BCUT2D eigenvalue weighted by molar-refractivity contribution is 5.86. The minimum Gasteiger partial charge on any atom is -0.300 e. The van der Waals surface area contributed by atoms with Gasteiger partial charge >= 0.3 is 0 Å². The SMILES string of the molecule is C#CCC(=O)C1CN2CCCN1CC2. The average molecular weight is 192 g/mol. The van der Waals surface area contributed by atoms with Crippen LogP contribution >= 0.6 is 0 Å². The van der Waals surface area contributed by atoms with Crippen molar-refractivity contribution in [2.24, 2.45) is 0 Å². The Morgan fingerprint density at radius 3 is 3.00 bits per heavy atom. The molecule has 0 aliphatic carbocycles. The molecule has 0 amide bonds. The van der Waals surface area contributed by atoms with Gasteiger partial charge in [-0.1, -0.05) is 5.92 Å². The molecule has 3 nitrogen and oxygen atoms in total. The number of Topliss-reactive ketones (excluding diaryl/α,β-unsaturated/α-hetero) is 1. The Morgan fingerprint density at radius 2 is 2.21 bits per heavy atom. The predicted molar refractivity (Wildman–Crippen MR) is 54.9 cm³/mol. The normalized spacial score (nSPS) is 36.1. The summed E-state index contributed by atoms with van der Waals surface area (Å²) in [4.78, 5) is 16.4. The Labute approximate surface area is 85.1 Å². The second-order valence-corrected chi connectivity index (χ2v) is 4.05. The predicted octanol–water partition coefficient (Wildman–Crippen LogP) is -0.0313. The fourth-order valence-electron chi connectivity index (χ4n) is 2.37. The van der Waals surface area contributed by atoms with Crippen molar-refractivity contribution in [3.8, 4) is 12.3 Å². The van der Waals surface area contributed by atoms with Crippen LogP contribution in [-0.4, -0.2) is 54.3 Å². The lowest BCUT2D eigenvalue weighted by Crippen LogP contribution is -2.53. The average Bonchev–Trinajstić information content (AvgIpc) is 2.52. The molecule has 76 valence electrons. The summed E-state index contributed by atoms with van der Waals surface area (Å²) >= 11 is 0. The van der Waals surface area contributed by atoms with Gasteiger partial charge in [-0.05, 0) is 13.0 Å². The molecule has 0 saturated carbocycles. The minimum absolute atomic E-state index is 0.0716. The van der Waals surface area contributed by atoms with Crippen LogP contribution in [-0.2, 0) is 4.79 Å². The maximum Gasteiger partial charge on any atom is 0.163 e. The second kappa shape index (κ2) is 4.12. The topological polar surface area (TPSA) is 23.6 Å². The van der Waals surface area contributed by atoms with Gasteiger partial charge in [0.15, 0.2) is 5.78 Å². The molecular weight excluding hydrogens is 176 g/mol. The summed E-state index contributed by atoms with van der Waals surface area (Å²) in [5.74, 6) is 2.67. The van der Waals surface area contributed by atoms with E-state index < -0.39 is 0 Å². The van der Waals surface area contributed by atoms with Gasteiger partial charge in [-0.3, -0.25) is 9.69 Å². The Balaban J connectivity index is 2.05. The summed E-state index contributed by atoms with van der Waals surface area (Å²) in [6.45, 7) is 5.22. The zero-order valence-corrected chi connectivity index (χ0v) is 8.41. The van der Waals surface area contributed by atoms with Crippen LogP contribution in [0.2, 0.25) is 0 Å². The maximum absolute atomic E-state index is 11.7. The molecule has 3 heteroatoms. The van der Waals surface area contributed by atoms with Crippen molar-refractivity contribution >= 4 is 5.78 Å². The molecule has 0 radical (unpaired) electrons. The molecule has 3 fully saturated rings. The summed E-state index contributed by atoms with van der Waals surface area (Å²) in [6, 6.07) is 0.0716. The van der Waals surface area contributed by atoms with Crippen molar-refractivity contribution in [3.05, 3.63) is 0 Å². The van der Waals surface area contributed by atoms with Gasteiger partial charge in [0, 0.05) is 26.2 Å². The first kappa shape index (κ1) is 9.70. The molecule has 3 atom stereocenters. The summed E-state index contributed by atoms with van der Waals surface area (Å²) in [5, 5.41) is 0. The third-order valence-electron chi connectivity index (χ3n) is 3.14. The number of hydrogen-bond donors (Lipinski definition) is 0. The van der Waals surface area contributed by atoms with E-state index >= 15 is 0 Å². The van der Waals surface area contributed by atoms with E-state index in [0.717, 1.165) is 32.7 Å². The zero-order valence-electron chi connectivity index (χ0n) is 8.41. The van der Waals surface area contributed by atoms with Gasteiger partial charge in [0.2, 0.25) is 0 Å². The van der Waals surface area contributed by atoms with Crippen LogP contribution in [0.5, 0.6) is 0 Å². The van der Waals surface area contributed by atoms with Gasteiger partial charge in [-0.15, -0.1) is 6.42 Å². The van der Waals surface area contributed by atoms with Gasteiger partial charge in [0.25, 0.3) is 0 Å². The van der Waals surface area contributed by atoms with Gasteiger partial charge in [0.1, 0.15) is 0 Å². The van der Waals surface area contributed by atoms with E-state index in [1.807, 2.05) is 0 Å². The standard InChI is InChI=1S/C11H16N2O/c1-2-4-11(14)10-9-12-5-3-6-13(10)8-7-12/h1,10H,3-9H2. The molecular formula is C11H16N2O. The highest BCUT2D eigenvalue weighted by Crippen LogP contribution is 2.16. The van der Waals surface area contributed by atoms with Crippen LogP contribution in [0.4, 0.5) is 0 Å². The lowest BCUT2D eigenvalue weighted by Gasteiger charge is -2.36. The van der Waals surface area contributed by atoms with Gasteiger partial charge < -0.3 is 4.90 Å². The fraction of sp³-hybridized carbons (Fsp3) is 0.727. The Morgan fingerprint density at radius 1 is 1.36 bits per heavy atom. The largest absolute Gasteiger partial charge is 0.300 e. The lowest BCUT2D eigenvalue weighted by molar-refractivity contribution is -0.124. The molecule has 3 aliphatic rings. The van der Waals surface area contributed by atoms with Crippen LogP contribution in [0.1, 0.15) is 12.8 Å². The third-order valence-corrected chi connectivity index (χ3v) is 3.14. The van der Waals surface area contributed by atoms with Crippen LogP contribution in [0, 0.1) is 12.3 Å². The molecule has 0 aromatic heterocycles. The second-order valence-electron chi connectivity index (χ2n) is 4.05. The maximum atomic E-state index is 11.7. The van der Waals surface area contributed by atoms with E-state index in [2.05, 4.69) is 15.7 Å². The number of rotatable bonds is 2. The van der Waals surface area contributed by atoms with Crippen molar-refractivity contribution in [2.75, 3.05) is 32.7 Å². The molecule has 14 heavy (non-hydrogen) atoms. The van der Waals surface area contributed by atoms with Crippen LogP contribution in [0.15, 0.2) is 0 Å². The van der Waals surface area contributed by atoms with Crippen LogP contribution < -0.4 is 0 Å². The monoisotopic (exact) mass is 192 g/mol.